The summed E-state index contributed by atoms with van der Waals surface area (Å²) in [5, 5.41) is 6.79. The van der Waals surface area contributed by atoms with E-state index in [0.29, 0.717) is 5.92 Å². The molecule has 0 aliphatic carbocycles. The lowest BCUT2D eigenvalue weighted by Gasteiger charge is -2.28. The molecule has 7 heteroatoms. The van der Waals surface area contributed by atoms with Gasteiger partial charge in [-0.15, -0.1) is 24.0 Å². The number of ether oxygens (including phenoxy) is 1. The molecule has 24 heavy (non-hydrogen) atoms. The lowest BCUT2D eigenvalue weighted by atomic mass is 9.99. The van der Waals surface area contributed by atoms with Crippen molar-refractivity contribution < 1.29 is 4.74 Å². The van der Waals surface area contributed by atoms with E-state index in [0.717, 1.165) is 51.7 Å². The first-order valence-corrected chi connectivity index (χ1v) is 9.04. The van der Waals surface area contributed by atoms with Gasteiger partial charge >= 0.3 is 0 Å². The molecular weight excluding hydrogens is 417 g/mol. The van der Waals surface area contributed by atoms with Crippen molar-refractivity contribution in [1.82, 2.24) is 20.4 Å². The largest absolute Gasteiger partial charge is 0.385 e. The second-order valence-electron chi connectivity index (χ2n) is 6.57. The topological polar surface area (TPSA) is 52.1 Å². The third-order valence-electron chi connectivity index (χ3n) is 4.25. The fraction of sp³-hybridized carbons (Fsp3) is 0.941. The summed E-state index contributed by atoms with van der Waals surface area (Å²) in [7, 11) is 6.11. The summed E-state index contributed by atoms with van der Waals surface area (Å²) in [6.45, 7) is 10.2. The van der Waals surface area contributed by atoms with Crippen molar-refractivity contribution in [2.24, 2.45) is 10.9 Å². The van der Waals surface area contributed by atoms with Gasteiger partial charge in [-0.1, -0.05) is 0 Å². The van der Waals surface area contributed by atoms with Crippen LogP contribution in [0.2, 0.25) is 0 Å². The minimum Gasteiger partial charge on any atom is -0.385 e. The fourth-order valence-electron chi connectivity index (χ4n) is 2.94. The molecule has 1 fully saturated rings. The molecule has 0 bridgehead atoms. The van der Waals surface area contributed by atoms with Crippen LogP contribution in [0.5, 0.6) is 0 Å². The van der Waals surface area contributed by atoms with E-state index in [9.17, 15) is 0 Å². The van der Waals surface area contributed by atoms with Crippen LogP contribution in [-0.4, -0.2) is 89.4 Å². The van der Waals surface area contributed by atoms with Crippen molar-refractivity contribution in [1.29, 1.82) is 0 Å². The highest BCUT2D eigenvalue weighted by atomic mass is 127. The van der Waals surface area contributed by atoms with Crippen molar-refractivity contribution in [3.63, 3.8) is 0 Å². The monoisotopic (exact) mass is 455 g/mol. The fourth-order valence-corrected chi connectivity index (χ4v) is 2.94. The molecular formula is C17H38IN5O. The Kier molecular flexibility index (Phi) is 15.1. The molecule has 1 aliphatic heterocycles. The van der Waals surface area contributed by atoms with E-state index in [1.54, 1.807) is 7.11 Å². The minimum absolute atomic E-state index is 0. The maximum atomic E-state index is 5.09. The molecule has 0 aromatic carbocycles. The third-order valence-corrected chi connectivity index (χ3v) is 4.25. The predicted molar refractivity (Wildman–Crippen MR) is 114 cm³/mol. The molecule has 0 amide bonds. The van der Waals surface area contributed by atoms with E-state index in [-0.39, 0.29) is 24.0 Å². The Bertz CT molecular complexity index is 330. The zero-order valence-corrected chi connectivity index (χ0v) is 18.3. The van der Waals surface area contributed by atoms with Crippen molar-refractivity contribution in [2.45, 2.75) is 26.2 Å². The van der Waals surface area contributed by atoms with Crippen molar-refractivity contribution in [2.75, 3.05) is 73.6 Å². The van der Waals surface area contributed by atoms with E-state index in [4.69, 9.17) is 9.73 Å². The van der Waals surface area contributed by atoms with Crippen LogP contribution in [-0.2, 0) is 4.74 Å². The summed E-state index contributed by atoms with van der Waals surface area (Å²) in [5.41, 5.74) is 0. The zero-order chi connectivity index (χ0) is 16.9. The van der Waals surface area contributed by atoms with Gasteiger partial charge in [0.25, 0.3) is 0 Å². The van der Waals surface area contributed by atoms with Crippen LogP contribution >= 0.6 is 24.0 Å². The normalized spacial score (nSPS) is 19.2. The number of rotatable bonds is 10. The molecule has 1 saturated heterocycles. The van der Waals surface area contributed by atoms with Crippen LogP contribution in [0.15, 0.2) is 4.99 Å². The van der Waals surface area contributed by atoms with Crippen LogP contribution in [0.25, 0.3) is 0 Å². The van der Waals surface area contributed by atoms with Gasteiger partial charge in [0.15, 0.2) is 5.96 Å². The number of guanidine groups is 1. The zero-order valence-electron chi connectivity index (χ0n) is 16.0. The molecule has 0 aromatic heterocycles. The molecule has 1 atom stereocenters. The van der Waals surface area contributed by atoms with E-state index >= 15 is 0 Å². The first kappa shape index (κ1) is 23.9. The Labute approximate surface area is 165 Å². The van der Waals surface area contributed by atoms with Gasteiger partial charge in [0.05, 0.1) is 0 Å². The molecule has 0 spiro atoms. The molecule has 2 N–H and O–H groups in total. The molecule has 0 aromatic rings. The van der Waals surface area contributed by atoms with Gasteiger partial charge < -0.3 is 25.2 Å². The first-order valence-electron chi connectivity index (χ1n) is 9.04. The predicted octanol–water partition coefficient (Wildman–Crippen LogP) is 1.47. The maximum Gasteiger partial charge on any atom is 0.191 e. The van der Waals surface area contributed by atoms with Crippen LogP contribution < -0.4 is 10.6 Å². The van der Waals surface area contributed by atoms with Crippen LogP contribution in [0.4, 0.5) is 0 Å². The maximum absolute atomic E-state index is 5.09. The first-order chi connectivity index (χ1) is 11.2. The lowest BCUT2D eigenvalue weighted by Crippen LogP contribution is -2.42. The Morgan fingerprint density at radius 3 is 2.79 bits per heavy atom. The van der Waals surface area contributed by atoms with Crippen LogP contribution in [0, 0.1) is 5.92 Å². The molecule has 0 radical (unpaired) electrons. The van der Waals surface area contributed by atoms with E-state index in [2.05, 4.69) is 41.5 Å². The van der Waals surface area contributed by atoms with Gasteiger partial charge in [0, 0.05) is 53.0 Å². The Balaban J connectivity index is 0.00000529. The third kappa shape index (κ3) is 11.4. The number of likely N-dealkylation sites (N-methyl/N-ethyl adjacent to an activating group) is 1. The standard InChI is InChI=1S/C17H37N5O.HI/c1-5-18-17(19-9-12-21(2)11-7-13-23-4)20-14-16-8-6-10-22(3)15-16;/h16H,5-15H2,1-4H3,(H2,18,19,20);1H. The number of nitrogens with zero attached hydrogens (tertiary/aromatic N) is 3. The summed E-state index contributed by atoms with van der Waals surface area (Å²) < 4.78 is 5.09. The highest BCUT2D eigenvalue weighted by Crippen LogP contribution is 2.14. The van der Waals surface area contributed by atoms with Crippen LogP contribution in [0.3, 0.4) is 0 Å². The number of hydrogen-bond acceptors (Lipinski definition) is 4. The average Bonchev–Trinajstić information content (AvgIpc) is 2.53. The Hall–Kier alpha value is -0.120. The smallest absolute Gasteiger partial charge is 0.191 e. The SMILES string of the molecule is CCNC(=NCC1CCCN(C)C1)NCCN(C)CCCOC.I. The minimum atomic E-state index is 0. The molecule has 1 unspecified atom stereocenters. The van der Waals surface area contributed by atoms with E-state index in [1.807, 2.05) is 0 Å². The summed E-state index contributed by atoms with van der Waals surface area (Å²) >= 11 is 0. The van der Waals surface area contributed by atoms with Crippen LogP contribution in [0.1, 0.15) is 26.2 Å². The van der Waals surface area contributed by atoms with Gasteiger partial charge in [-0.05, 0) is 52.7 Å². The van der Waals surface area contributed by atoms with E-state index < -0.39 is 0 Å². The van der Waals surface area contributed by atoms with Crippen molar-refractivity contribution in [3.05, 3.63) is 0 Å². The number of methoxy groups -OCH3 is 1. The second-order valence-corrected chi connectivity index (χ2v) is 6.57. The molecule has 1 aliphatic rings. The quantitative estimate of drug-likeness (QED) is 0.226. The molecule has 144 valence electrons. The van der Waals surface area contributed by atoms with Gasteiger partial charge in [-0.2, -0.15) is 0 Å². The summed E-state index contributed by atoms with van der Waals surface area (Å²) in [6, 6.07) is 0. The van der Waals surface area contributed by atoms with Gasteiger partial charge in [0.2, 0.25) is 0 Å². The number of piperidine rings is 1. The second kappa shape index (κ2) is 15.2. The summed E-state index contributed by atoms with van der Waals surface area (Å²) in [6.07, 6.45) is 3.68. The van der Waals surface area contributed by atoms with Gasteiger partial charge in [-0.25, -0.2) is 0 Å². The molecule has 0 saturated carbocycles. The molecule has 1 heterocycles. The van der Waals surface area contributed by atoms with Gasteiger partial charge in [-0.3, -0.25) is 4.99 Å². The van der Waals surface area contributed by atoms with E-state index in [1.165, 1.54) is 25.9 Å². The summed E-state index contributed by atoms with van der Waals surface area (Å²) in [5.74, 6) is 1.65. The van der Waals surface area contributed by atoms with Crippen molar-refractivity contribution in [3.8, 4) is 0 Å². The average molecular weight is 455 g/mol. The highest BCUT2D eigenvalue weighted by molar-refractivity contribution is 14.0. The summed E-state index contributed by atoms with van der Waals surface area (Å²) in [4.78, 5) is 9.51. The Morgan fingerprint density at radius 1 is 1.33 bits per heavy atom. The number of aliphatic imine (C=N–C) groups is 1. The lowest BCUT2D eigenvalue weighted by molar-refractivity contribution is 0.180. The number of halogens is 1. The number of hydrogen-bond donors (Lipinski definition) is 2. The van der Waals surface area contributed by atoms with Crippen molar-refractivity contribution >= 4 is 29.9 Å². The van der Waals surface area contributed by atoms with Gasteiger partial charge in [0.1, 0.15) is 0 Å². The highest BCUT2D eigenvalue weighted by Gasteiger charge is 2.16. The number of likely N-dealkylation sites (tertiary alicyclic amines) is 1. The Morgan fingerprint density at radius 2 is 2.12 bits per heavy atom. The molecule has 6 nitrogen and oxygen atoms in total. The molecule has 1 rings (SSSR count). The number of nitrogens with one attached hydrogen (secondary N) is 2.